The Balaban J connectivity index is 1.87. The minimum absolute atomic E-state index is 0.0292. The lowest BCUT2D eigenvalue weighted by Gasteiger charge is -2.25. The van der Waals surface area contributed by atoms with E-state index in [0.717, 1.165) is 17.0 Å². The highest BCUT2D eigenvalue weighted by molar-refractivity contribution is 5.79. The molecule has 0 spiro atoms. The highest BCUT2D eigenvalue weighted by atomic mass is 16.4. The van der Waals surface area contributed by atoms with E-state index >= 15 is 0 Å². The SMILES string of the molecule is Cc1nn(C)c(C)c1CNC(=O)C1CCC(C(=O)O)CC1. The zero-order valence-corrected chi connectivity index (χ0v) is 12.8. The van der Waals surface area contributed by atoms with E-state index in [-0.39, 0.29) is 17.7 Å². The number of aliphatic carboxylic acids is 1. The number of hydrogen-bond donors (Lipinski definition) is 2. The van der Waals surface area contributed by atoms with Crippen molar-refractivity contribution in [1.82, 2.24) is 15.1 Å². The smallest absolute Gasteiger partial charge is 0.306 e. The average Bonchev–Trinajstić information content (AvgIpc) is 2.70. The molecule has 1 aliphatic carbocycles. The van der Waals surface area contributed by atoms with Gasteiger partial charge in [0, 0.05) is 30.8 Å². The van der Waals surface area contributed by atoms with Gasteiger partial charge < -0.3 is 10.4 Å². The highest BCUT2D eigenvalue weighted by Gasteiger charge is 2.29. The Kier molecular flexibility index (Phi) is 4.65. The Labute approximate surface area is 124 Å². The number of hydrogen-bond acceptors (Lipinski definition) is 3. The van der Waals surface area contributed by atoms with Gasteiger partial charge in [-0.2, -0.15) is 5.10 Å². The molecular formula is C15H23N3O3. The summed E-state index contributed by atoms with van der Waals surface area (Å²) in [5.41, 5.74) is 3.05. The zero-order valence-electron chi connectivity index (χ0n) is 12.8. The quantitative estimate of drug-likeness (QED) is 0.882. The van der Waals surface area contributed by atoms with Gasteiger partial charge in [-0.1, -0.05) is 0 Å². The standard InChI is InChI=1S/C15H23N3O3/c1-9-13(10(2)18(3)17-9)8-16-14(19)11-4-6-12(7-5-11)15(20)21/h11-12H,4-8H2,1-3H3,(H,16,19)(H,20,21). The van der Waals surface area contributed by atoms with E-state index < -0.39 is 5.97 Å². The Morgan fingerprint density at radius 3 is 2.29 bits per heavy atom. The number of amides is 1. The van der Waals surface area contributed by atoms with Crippen molar-refractivity contribution in [2.45, 2.75) is 46.1 Å². The molecule has 0 unspecified atom stereocenters. The van der Waals surface area contributed by atoms with Crippen LogP contribution in [0.15, 0.2) is 0 Å². The molecule has 0 atom stereocenters. The highest BCUT2D eigenvalue weighted by Crippen LogP contribution is 2.29. The molecule has 2 N–H and O–H groups in total. The van der Waals surface area contributed by atoms with E-state index in [1.54, 1.807) is 0 Å². The number of aromatic nitrogens is 2. The van der Waals surface area contributed by atoms with Gasteiger partial charge in [0.25, 0.3) is 0 Å². The molecular weight excluding hydrogens is 270 g/mol. The molecule has 1 heterocycles. The van der Waals surface area contributed by atoms with Crippen LogP contribution in [0.2, 0.25) is 0 Å². The second-order valence-corrected chi connectivity index (χ2v) is 5.88. The van der Waals surface area contributed by atoms with Crippen molar-refractivity contribution in [2.75, 3.05) is 0 Å². The maximum atomic E-state index is 12.2. The first kappa shape index (κ1) is 15.5. The summed E-state index contributed by atoms with van der Waals surface area (Å²) in [5.74, 6) is -1.05. The first-order chi connectivity index (χ1) is 9.90. The molecule has 0 saturated heterocycles. The van der Waals surface area contributed by atoms with Gasteiger partial charge in [0.05, 0.1) is 11.6 Å². The van der Waals surface area contributed by atoms with Crippen LogP contribution in [0.3, 0.4) is 0 Å². The van der Waals surface area contributed by atoms with Gasteiger partial charge in [-0.15, -0.1) is 0 Å². The maximum absolute atomic E-state index is 12.2. The molecule has 1 aromatic rings. The van der Waals surface area contributed by atoms with Crippen LogP contribution in [0.25, 0.3) is 0 Å². The molecule has 1 amide bonds. The second kappa shape index (κ2) is 6.28. The summed E-state index contributed by atoms with van der Waals surface area (Å²) in [6.45, 7) is 4.41. The van der Waals surface area contributed by atoms with Gasteiger partial charge in [0.1, 0.15) is 0 Å². The lowest BCUT2D eigenvalue weighted by molar-refractivity contribution is -0.144. The predicted molar refractivity (Wildman–Crippen MR) is 77.6 cm³/mol. The lowest BCUT2D eigenvalue weighted by atomic mass is 9.81. The van der Waals surface area contributed by atoms with Gasteiger partial charge >= 0.3 is 5.97 Å². The maximum Gasteiger partial charge on any atom is 0.306 e. The fraction of sp³-hybridized carbons (Fsp3) is 0.667. The van der Waals surface area contributed by atoms with Crippen molar-refractivity contribution in [1.29, 1.82) is 0 Å². The number of carbonyl (C=O) groups excluding carboxylic acids is 1. The van der Waals surface area contributed by atoms with Crippen molar-refractivity contribution < 1.29 is 14.7 Å². The summed E-state index contributed by atoms with van der Waals surface area (Å²) in [6.07, 6.45) is 2.51. The summed E-state index contributed by atoms with van der Waals surface area (Å²) < 4.78 is 1.81. The Bertz CT molecular complexity index is 543. The van der Waals surface area contributed by atoms with Crippen LogP contribution in [0.4, 0.5) is 0 Å². The molecule has 116 valence electrons. The summed E-state index contributed by atoms with van der Waals surface area (Å²) in [7, 11) is 1.89. The summed E-state index contributed by atoms with van der Waals surface area (Å²) in [4.78, 5) is 23.1. The third kappa shape index (κ3) is 3.43. The Morgan fingerprint density at radius 2 is 1.81 bits per heavy atom. The minimum Gasteiger partial charge on any atom is -0.481 e. The van der Waals surface area contributed by atoms with Crippen LogP contribution >= 0.6 is 0 Å². The third-order valence-corrected chi connectivity index (χ3v) is 4.55. The van der Waals surface area contributed by atoms with E-state index in [1.165, 1.54) is 0 Å². The van der Waals surface area contributed by atoms with E-state index in [0.29, 0.717) is 32.2 Å². The predicted octanol–water partition coefficient (Wildman–Crippen LogP) is 1.54. The van der Waals surface area contributed by atoms with Crippen molar-refractivity contribution in [2.24, 2.45) is 18.9 Å². The molecule has 1 saturated carbocycles. The lowest BCUT2D eigenvalue weighted by Crippen LogP contribution is -2.34. The third-order valence-electron chi connectivity index (χ3n) is 4.55. The Hall–Kier alpha value is -1.85. The zero-order chi connectivity index (χ0) is 15.6. The first-order valence-electron chi connectivity index (χ1n) is 7.39. The molecule has 21 heavy (non-hydrogen) atoms. The van der Waals surface area contributed by atoms with Gasteiger partial charge in [-0.05, 0) is 39.5 Å². The average molecular weight is 293 g/mol. The number of aryl methyl sites for hydroxylation is 2. The normalized spacial score (nSPS) is 22.0. The van der Waals surface area contributed by atoms with Gasteiger partial charge in [0.15, 0.2) is 0 Å². The first-order valence-corrected chi connectivity index (χ1v) is 7.39. The number of rotatable bonds is 4. The molecule has 0 radical (unpaired) electrons. The monoisotopic (exact) mass is 293 g/mol. The van der Waals surface area contributed by atoms with Crippen LogP contribution in [0, 0.1) is 25.7 Å². The van der Waals surface area contributed by atoms with Crippen molar-refractivity contribution in [3.05, 3.63) is 17.0 Å². The summed E-state index contributed by atoms with van der Waals surface area (Å²) in [5, 5.41) is 16.3. The fourth-order valence-corrected chi connectivity index (χ4v) is 3.00. The van der Waals surface area contributed by atoms with E-state index in [2.05, 4.69) is 10.4 Å². The molecule has 0 bridgehead atoms. The fourth-order valence-electron chi connectivity index (χ4n) is 3.00. The van der Waals surface area contributed by atoms with Crippen molar-refractivity contribution in [3.8, 4) is 0 Å². The molecule has 1 fully saturated rings. The molecule has 1 aromatic heterocycles. The van der Waals surface area contributed by atoms with Crippen LogP contribution in [-0.4, -0.2) is 26.8 Å². The molecule has 1 aliphatic rings. The molecule has 0 aliphatic heterocycles. The summed E-state index contributed by atoms with van der Waals surface area (Å²) >= 11 is 0. The largest absolute Gasteiger partial charge is 0.481 e. The molecule has 6 heteroatoms. The van der Waals surface area contributed by atoms with E-state index in [1.807, 2.05) is 25.6 Å². The van der Waals surface area contributed by atoms with Crippen LogP contribution in [0.1, 0.15) is 42.6 Å². The molecule has 2 rings (SSSR count). The topological polar surface area (TPSA) is 84.2 Å². The van der Waals surface area contributed by atoms with Crippen molar-refractivity contribution >= 4 is 11.9 Å². The minimum atomic E-state index is -0.740. The Morgan fingerprint density at radius 1 is 1.24 bits per heavy atom. The van der Waals surface area contributed by atoms with Crippen LogP contribution < -0.4 is 5.32 Å². The van der Waals surface area contributed by atoms with Gasteiger partial charge in [-0.25, -0.2) is 0 Å². The van der Waals surface area contributed by atoms with Crippen LogP contribution in [0.5, 0.6) is 0 Å². The van der Waals surface area contributed by atoms with Gasteiger partial charge in [-0.3, -0.25) is 14.3 Å². The summed E-state index contributed by atoms with van der Waals surface area (Å²) in [6, 6.07) is 0. The van der Waals surface area contributed by atoms with E-state index in [4.69, 9.17) is 5.11 Å². The van der Waals surface area contributed by atoms with Gasteiger partial charge in [0.2, 0.25) is 5.91 Å². The van der Waals surface area contributed by atoms with Crippen LogP contribution in [-0.2, 0) is 23.2 Å². The number of carboxylic acids is 1. The molecule has 0 aromatic carbocycles. The van der Waals surface area contributed by atoms with E-state index in [9.17, 15) is 9.59 Å². The molecule has 6 nitrogen and oxygen atoms in total. The number of carbonyl (C=O) groups is 2. The number of nitrogens with zero attached hydrogens (tertiary/aromatic N) is 2. The second-order valence-electron chi connectivity index (χ2n) is 5.88. The number of nitrogens with one attached hydrogen (secondary N) is 1. The van der Waals surface area contributed by atoms with Crippen molar-refractivity contribution in [3.63, 3.8) is 0 Å². The number of carboxylic acid groups (broad SMARTS) is 1.